The van der Waals surface area contributed by atoms with Gasteiger partial charge in [-0.3, -0.25) is 4.79 Å². The molecule has 0 amide bonds. The minimum absolute atomic E-state index is 0.0172. The summed E-state index contributed by atoms with van der Waals surface area (Å²) in [6, 6.07) is 0. The molecule has 0 N–H and O–H groups in total. The SMILES string of the molecule is CO[C@@H]1CC[C@@]2(C)CC[C@@H]3CC2(OC3(C)C)C1=O. The molecule has 0 aromatic heterocycles. The number of ether oxygens (including phenoxy) is 2. The fourth-order valence-corrected chi connectivity index (χ4v) is 4.52. The van der Waals surface area contributed by atoms with Crippen LogP contribution in [0.3, 0.4) is 0 Å². The molecule has 3 aliphatic rings. The topological polar surface area (TPSA) is 35.5 Å². The van der Waals surface area contributed by atoms with Crippen LogP contribution < -0.4 is 0 Å². The minimum Gasteiger partial charge on any atom is -0.374 e. The number of fused-ring (bicyclic) bond motifs is 1. The van der Waals surface area contributed by atoms with Gasteiger partial charge in [0.2, 0.25) is 0 Å². The van der Waals surface area contributed by atoms with E-state index < -0.39 is 5.60 Å². The van der Waals surface area contributed by atoms with E-state index in [9.17, 15) is 4.79 Å². The molecule has 0 aromatic carbocycles. The second kappa shape index (κ2) is 3.57. The molecule has 1 saturated heterocycles. The van der Waals surface area contributed by atoms with Crippen molar-refractivity contribution in [3.8, 4) is 0 Å². The van der Waals surface area contributed by atoms with E-state index in [1.165, 1.54) is 6.42 Å². The van der Waals surface area contributed by atoms with Crippen molar-refractivity contribution in [3.05, 3.63) is 0 Å². The third-order valence-corrected chi connectivity index (χ3v) is 5.91. The van der Waals surface area contributed by atoms with Gasteiger partial charge in [0.25, 0.3) is 0 Å². The van der Waals surface area contributed by atoms with Crippen LogP contribution in [0.4, 0.5) is 0 Å². The standard InChI is InChI=1S/C15H24O3/c1-13(2)10-5-7-14(3)8-6-11(17-4)12(16)15(14,9-10)18-13/h10-11H,5-9H2,1-4H3/t10-,11-,14-,15?/m1/s1. The Kier molecular flexibility index (Phi) is 2.50. The molecule has 0 radical (unpaired) electrons. The van der Waals surface area contributed by atoms with E-state index in [1.54, 1.807) is 7.11 Å². The smallest absolute Gasteiger partial charge is 0.193 e. The maximum absolute atomic E-state index is 12.8. The first-order chi connectivity index (χ1) is 8.35. The van der Waals surface area contributed by atoms with E-state index in [0.717, 1.165) is 25.7 Å². The van der Waals surface area contributed by atoms with Crippen molar-refractivity contribution in [3.63, 3.8) is 0 Å². The summed E-state index contributed by atoms with van der Waals surface area (Å²) in [7, 11) is 1.64. The first-order valence-electron chi connectivity index (χ1n) is 7.12. The minimum atomic E-state index is -0.571. The van der Waals surface area contributed by atoms with Gasteiger partial charge in [-0.1, -0.05) is 6.92 Å². The molecule has 102 valence electrons. The number of ketones is 1. The number of rotatable bonds is 1. The van der Waals surface area contributed by atoms with Gasteiger partial charge in [0.1, 0.15) is 11.7 Å². The van der Waals surface area contributed by atoms with Crippen LogP contribution in [0, 0.1) is 11.3 Å². The van der Waals surface area contributed by atoms with Crippen molar-refractivity contribution < 1.29 is 14.3 Å². The highest BCUT2D eigenvalue weighted by molar-refractivity contribution is 5.93. The zero-order valence-electron chi connectivity index (χ0n) is 11.9. The fourth-order valence-electron chi connectivity index (χ4n) is 4.52. The molecule has 1 unspecified atom stereocenters. The third-order valence-electron chi connectivity index (χ3n) is 5.91. The zero-order chi connectivity index (χ0) is 13.2. The summed E-state index contributed by atoms with van der Waals surface area (Å²) in [6.45, 7) is 6.53. The van der Waals surface area contributed by atoms with Crippen molar-refractivity contribution in [2.24, 2.45) is 11.3 Å². The second-order valence-electron chi connectivity index (χ2n) is 7.16. The van der Waals surface area contributed by atoms with E-state index >= 15 is 0 Å². The predicted octanol–water partition coefficient (Wildman–Crippen LogP) is 2.72. The average molecular weight is 252 g/mol. The number of carbonyl (C=O) groups is 1. The molecule has 2 saturated carbocycles. The highest BCUT2D eigenvalue weighted by Gasteiger charge is 2.68. The summed E-state index contributed by atoms with van der Waals surface area (Å²) >= 11 is 0. The van der Waals surface area contributed by atoms with Crippen molar-refractivity contribution in [2.45, 2.75) is 70.2 Å². The van der Waals surface area contributed by atoms with Crippen molar-refractivity contribution in [1.82, 2.24) is 0 Å². The molecule has 1 aliphatic heterocycles. The van der Waals surface area contributed by atoms with Gasteiger partial charge in [0.15, 0.2) is 5.78 Å². The van der Waals surface area contributed by atoms with Crippen molar-refractivity contribution in [1.29, 1.82) is 0 Å². The summed E-state index contributed by atoms with van der Waals surface area (Å²) < 4.78 is 11.8. The van der Waals surface area contributed by atoms with Crippen LogP contribution in [0.25, 0.3) is 0 Å². The summed E-state index contributed by atoms with van der Waals surface area (Å²) in [4.78, 5) is 12.8. The quantitative estimate of drug-likeness (QED) is 0.720. The summed E-state index contributed by atoms with van der Waals surface area (Å²) in [6.07, 6.45) is 4.84. The Bertz CT molecular complexity index is 389. The number of hydrogen-bond donors (Lipinski definition) is 0. The summed E-state index contributed by atoms with van der Waals surface area (Å²) in [5.41, 5.74) is -0.717. The molecular weight excluding hydrogens is 228 g/mol. The van der Waals surface area contributed by atoms with Crippen LogP contribution in [-0.2, 0) is 14.3 Å². The van der Waals surface area contributed by atoms with Gasteiger partial charge in [-0.25, -0.2) is 0 Å². The molecular formula is C15H24O3. The maximum Gasteiger partial charge on any atom is 0.193 e. The fraction of sp³-hybridized carbons (Fsp3) is 0.933. The third kappa shape index (κ3) is 1.35. The van der Waals surface area contributed by atoms with Gasteiger partial charge in [-0.15, -0.1) is 0 Å². The van der Waals surface area contributed by atoms with Crippen LogP contribution in [0.1, 0.15) is 52.9 Å². The Morgan fingerprint density at radius 1 is 1.22 bits per heavy atom. The molecule has 2 aliphatic carbocycles. The van der Waals surface area contributed by atoms with Gasteiger partial charge >= 0.3 is 0 Å². The molecule has 3 rings (SSSR count). The predicted molar refractivity (Wildman–Crippen MR) is 68.4 cm³/mol. The number of methoxy groups -OCH3 is 1. The lowest BCUT2D eigenvalue weighted by atomic mass is 9.55. The van der Waals surface area contributed by atoms with Crippen molar-refractivity contribution >= 4 is 5.78 Å². The van der Waals surface area contributed by atoms with E-state index in [2.05, 4.69) is 20.8 Å². The number of carbonyl (C=O) groups excluding carboxylic acids is 1. The zero-order valence-corrected chi connectivity index (χ0v) is 11.9. The monoisotopic (exact) mass is 252 g/mol. The Labute approximate surface area is 109 Å². The van der Waals surface area contributed by atoms with Gasteiger partial charge in [0, 0.05) is 12.5 Å². The second-order valence-corrected chi connectivity index (χ2v) is 7.16. The first-order valence-corrected chi connectivity index (χ1v) is 7.12. The molecule has 4 atom stereocenters. The lowest BCUT2D eigenvalue weighted by molar-refractivity contribution is -0.194. The summed E-state index contributed by atoms with van der Waals surface area (Å²) in [5, 5.41) is 0. The molecule has 0 aromatic rings. The molecule has 3 nitrogen and oxygen atoms in total. The maximum atomic E-state index is 12.8. The van der Waals surface area contributed by atoms with Crippen LogP contribution in [0.15, 0.2) is 0 Å². The number of hydrogen-bond acceptors (Lipinski definition) is 3. The normalized spacial score (nSPS) is 50.1. The Hall–Kier alpha value is -0.410. The molecule has 3 heteroatoms. The van der Waals surface area contributed by atoms with Crippen LogP contribution in [0.5, 0.6) is 0 Å². The molecule has 1 heterocycles. The van der Waals surface area contributed by atoms with Gasteiger partial charge in [0.05, 0.1) is 5.60 Å². The van der Waals surface area contributed by atoms with Gasteiger partial charge < -0.3 is 9.47 Å². The summed E-state index contributed by atoms with van der Waals surface area (Å²) in [5.74, 6) is 0.721. The van der Waals surface area contributed by atoms with Crippen LogP contribution in [-0.4, -0.2) is 30.2 Å². The highest BCUT2D eigenvalue weighted by Crippen LogP contribution is 2.62. The Morgan fingerprint density at radius 3 is 2.56 bits per heavy atom. The Morgan fingerprint density at radius 2 is 1.89 bits per heavy atom. The van der Waals surface area contributed by atoms with Crippen LogP contribution in [0.2, 0.25) is 0 Å². The van der Waals surface area contributed by atoms with Crippen molar-refractivity contribution in [2.75, 3.05) is 7.11 Å². The van der Waals surface area contributed by atoms with E-state index in [1.807, 2.05) is 0 Å². The van der Waals surface area contributed by atoms with Gasteiger partial charge in [-0.2, -0.15) is 0 Å². The molecule has 18 heavy (non-hydrogen) atoms. The van der Waals surface area contributed by atoms with E-state index in [4.69, 9.17) is 9.47 Å². The molecule has 1 spiro atoms. The molecule has 3 fully saturated rings. The molecule has 2 bridgehead atoms. The van der Waals surface area contributed by atoms with Gasteiger partial charge in [-0.05, 0) is 51.9 Å². The van der Waals surface area contributed by atoms with E-state index in [-0.39, 0.29) is 22.9 Å². The largest absolute Gasteiger partial charge is 0.374 e. The first kappa shape index (κ1) is 12.6. The van der Waals surface area contributed by atoms with E-state index in [0.29, 0.717) is 5.92 Å². The average Bonchev–Trinajstić information content (AvgIpc) is 2.54. The number of Topliss-reactive ketones (excluding diaryl/α,β-unsaturated/α-hetero) is 1. The lowest BCUT2D eigenvalue weighted by Crippen LogP contribution is -2.61. The highest BCUT2D eigenvalue weighted by atomic mass is 16.5. The Balaban J connectivity index is 2.04. The van der Waals surface area contributed by atoms with Crippen LogP contribution >= 0.6 is 0 Å². The lowest BCUT2D eigenvalue weighted by Gasteiger charge is -2.51.